The van der Waals surface area contributed by atoms with Gasteiger partial charge in [-0.1, -0.05) is 0 Å². The smallest absolute Gasteiger partial charge is 0.122 e. The maximum atomic E-state index is 4.44. The van der Waals surface area contributed by atoms with Crippen LogP contribution < -0.4 is 5.32 Å². The summed E-state index contributed by atoms with van der Waals surface area (Å²) in [6.45, 7) is 10.8. The first-order chi connectivity index (χ1) is 7.70. The zero-order valence-corrected chi connectivity index (χ0v) is 10.5. The molecule has 2 rings (SSSR count). The second-order valence-corrected chi connectivity index (χ2v) is 4.72. The highest BCUT2D eigenvalue weighted by molar-refractivity contribution is 4.94. The maximum Gasteiger partial charge on any atom is 0.122 e. The number of hydrogen-bond acceptors (Lipinski definition) is 3. The van der Waals surface area contributed by atoms with E-state index in [-0.39, 0.29) is 0 Å². The summed E-state index contributed by atoms with van der Waals surface area (Å²) in [5, 5.41) is 3.50. The summed E-state index contributed by atoms with van der Waals surface area (Å²) in [6.07, 6.45) is 3.96. The van der Waals surface area contributed by atoms with Crippen molar-refractivity contribution in [2.75, 3.05) is 13.1 Å². The van der Waals surface area contributed by atoms with Crippen molar-refractivity contribution in [1.82, 2.24) is 19.8 Å². The Kier molecular flexibility index (Phi) is 3.61. The van der Waals surface area contributed by atoms with E-state index in [9.17, 15) is 0 Å². The van der Waals surface area contributed by atoms with Crippen LogP contribution in [0.5, 0.6) is 0 Å². The van der Waals surface area contributed by atoms with Crippen molar-refractivity contribution in [3.8, 4) is 0 Å². The van der Waals surface area contributed by atoms with E-state index in [1.807, 2.05) is 6.20 Å². The molecule has 1 aromatic heterocycles. The average Bonchev–Trinajstić information content (AvgIpc) is 2.71. The van der Waals surface area contributed by atoms with E-state index < -0.39 is 0 Å². The fourth-order valence-electron chi connectivity index (χ4n) is 2.28. The van der Waals surface area contributed by atoms with Crippen molar-refractivity contribution < 1.29 is 0 Å². The van der Waals surface area contributed by atoms with Gasteiger partial charge < -0.3 is 9.88 Å². The molecule has 0 aromatic carbocycles. The second-order valence-electron chi connectivity index (χ2n) is 4.72. The lowest BCUT2D eigenvalue weighted by Crippen LogP contribution is -2.53. The van der Waals surface area contributed by atoms with Gasteiger partial charge in [0.25, 0.3) is 0 Å². The summed E-state index contributed by atoms with van der Waals surface area (Å²) >= 11 is 0. The molecule has 0 amide bonds. The normalized spacial score (nSPS) is 27.2. The van der Waals surface area contributed by atoms with Crippen molar-refractivity contribution in [2.45, 2.75) is 45.9 Å². The van der Waals surface area contributed by atoms with Crippen LogP contribution in [0.2, 0.25) is 0 Å². The maximum absolute atomic E-state index is 4.44. The SMILES string of the molecule is CCn1ccnc1CN1CC(C)NCC1C. The molecule has 0 radical (unpaired) electrons. The molecule has 4 heteroatoms. The quantitative estimate of drug-likeness (QED) is 0.831. The molecule has 1 fully saturated rings. The largest absolute Gasteiger partial charge is 0.334 e. The number of piperazine rings is 1. The summed E-state index contributed by atoms with van der Waals surface area (Å²) < 4.78 is 2.22. The second kappa shape index (κ2) is 4.97. The Balaban J connectivity index is 2.02. The van der Waals surface area contributed by atoms with Crippen LogP contribution >= 0.6 is 0 Å². The predicted octanol–water partition coefficient (Wildman–Crippen LogP) is 1.09. The van der Waals surface area contributed by atoms with Crippen LogP contribution in [0.3, 0.4) is 0 Å². The van der Waals surface area contributed by atoms with Gasteiger partial charge in [0.2, 0.25) is 0 Å². The van der Waals surface area contributed by atoms with Crippen LogP contribution in [0.15, 0.2) is 12.4 Å². The predicted molar refractivity (Wildman–Crippen MR) is 65.2 cm³/mol. The van der Waals surface area contributed by atoms with Crippen LogP contribution in [0.25, 0.3) is 0 Å². The molecule has 2 unspecified atom stereocenters. The summed E-state index contributed by atoms with van der Waals surface area (Å²) in [5.74, 6) is 1.18. The van der Waals surface area contributed by atoms with Crippen molar-refractivity contribution in [3.05, 3.63) is 18.2 Å². The minimum Gasteiger partial charge on any atom is -0.334 e. The zero-order chi connectivity index (χ0) is 11.5. The van der Waals surface area contributed by atoms with Gasteiger partial charge in [-0.15, -0.1) is 0 Å². The van der Waals surface area contributed by atoms with Crippen molar-refractivity contribution in [2.24, 2.45) is 0 Å². The Hall–Kier alpha value is -0.870. The lowest BCUT2D eigenvalue weighted by Gasteiger charge is -2.37. The molecule has 0 bridgehead atoms. The van der Waals surface area contributed by atoms with E-state index in [2.05, 4.69) is 46.7 Å². The van der Waals surface area contributed by atoms with Crippen LogP contribution in [-0.2, 0) is 13.1 Å². The van der Waals surface area contributed by atoms with Crippen LogP contribution in [0, 0.1) is 0 Å². The van der Waals surface area contributed by atoms with Gasteiger partial charge in [-0.3, -0.25) is 4.90 Å². The first-order valence-electron chi connectivity index (χ1n) is 6.18. The molecule has 0 spiro atoms. The van der Waals surface area contributed by atoms with Gasteiger partial charge in [-0.25, -0.2) is 4.98 Å². The van der Waals surface area contributed by atoms with Crippen molar-refractivity contribution in [1.29, 1.82) is 0 Å². The molecule has 2 heterocycles. The molecule has 1 aliphatic rings. The molecule has 4 nitrogen and oxygen atoms in total. The summed E-state index contributed by atoms with van der Waals surface area (Å²) in [7, 11) is 0. The first kappa shape index (κ1) is 11.6. The average molecular weight is 222 g/mol. The van der Waals surface area contributed by atoms with E-state index >= 15 is 0 Å². The van der Waals surface area contributed by atoms with E-state index in [1.165, 1.54) is 5.82 Å². The first-order valence-corrected chi connectivity index (χ1v) is 6.18. The minimum absolute atomic E-state index is 0.584. The molecule has 90 valence electrons. The standard InChI is InChI=1S/C12H22N4/c1-4-15-6-5-13-12(15)9-16-8-10(2)14-7-11(16)3/h5-6,10-11,14H,4,7-9H2,1-3H3. The van der Waals surface area contributed by atoms with Gasteiger partial charge in [0.15, 0.2) is 0 Å². The molecule has 0 saturated carbocycles. The number of aromatic nitrogens is 2. The molecule has 16 heavy (non-hydrogen) atoms. The summed E-state index contributed by atoms with van der Waals surface area (Å²) in [6, 6.07) is 1.18. The zero-order valence-electron chi connectivity index (χ0n) is 10.5. The Labute approximate surface area is 97.7 Å². The van der Waals surface area contributed by atoms with Crippen molar-refractivity contribution >= 4 is 0 Å². The third-order valence-electron chi connectivity index (χ3n) is 3.38. The van der Waals surface area contributed by atoms with Gasteiger partial charge in [0.1, 0.15) is 5.82 Å². The highest BCUT2D eigenvalue weighted by atomic mass is 15.2. The summed E-state index contributed by atoms with van der Waals surface area (Å²) in [4.78, 5) is 6.95. The minimum atomic E-state index is 0.584. The van der Waals surface area contributed by atoms with Crippen LogP contribution in [0.4, 0.5) is 0 Å². The Morgan fingerprint density at radius 3 is 3.06 bits per heavy atom. The number of nitrogens with zero attached hydrogens (tertiary/aromatic N) is 3. The Bertz CT molecular complexity index is 334. The lowest BCUT2D eigenvalue weighted by molar-refractivity contribution is 0.134. The Morgan fingerprint density at radius 2 is 2.31 bits per heavy atom. The lowest BCUT2D eigenvalue weighted by atomic mass is 10.1. The fourth-order valence-corrected chi connectivity index (χ4v) is 2.28. The van der Waals surface area contributed by atoms with Gasteiger partial charge >= 0.3 is 0 Å². The topological polar surface area (TPSA) is 33.1 Å². The molecular weight excluding hydrogens is 200 g/mol. The molecule has 2 atom stereocenters. The molecule has 1 N–H and O–H groups in total. The van der Waals surface area contributed by atoms with Crippen molar-refractivity contribution in [3.63, 3.8) is 0 Å². The van der Waals surface area contributed by atoms with Crippen LogP contribution in [0.1, 0.15) is 26.6 Å². The summed E-state index contributed by atoms with van der Waals surface area (Å²) in [5.41, 5.74) is 0. The third kappa shape index (κ3) is 2.44. The highest BCUT2D eigenvalue weighted by Gasteiger charge is 2.23. The van der Waals surface area contributed by atoms with Crippen LogP contribution in [-0.4, -0.2) is 39.6 Å². The number of aryl methyl sites for hydroxylation is 1. The number of hydrogen-bond donors (Lipinski definition) is 1. The van der Waals surface area contributed by atoms with E-state index in [4.69, 9.17) is 0 Å². The Morgan fingerprint density at radius 1 is 1.50 bits per heavy atom. The molecule has 1 aromatic rings. The molecule has 0 aliphatic carbocycles. The van der Waals surface area contributed by atoms with Gasteiger partial charge in [0.05, 0.1) is 6.54 Å². The highest BCUT2D eigenvalue weighted by Crippen LogP contribution is 2.11. The fraction of sp³-hybridized carbons (Fsp3) is 0.750. The van der Waals surface area contributed by atoms with Gasteiger partial charge in [0, 0.05) is 44.1 Å². The number of imidazole rings is 1. The van der Waals surface area contributed by atoms with E-state index in [0.717, 1.165) is 26.2 Å². The number of rotatable bonds is 3. The number of nitrogens with one attached hydrogen (secondary N) is 1. The van der Waals surface area contributed by atoms with Gasteiger partial charge in [-0.2, -0.15) is 0 Å². The molecular formula is C12H22N4. The van der Waals surface area contributed by atoms with Gasteiger partial charge in [-0.05, 0) is 20.8 Å². The molecule has 1 saturated heterocycles. The molecule has 1 aliphatic heterocycles. The van der Waals surface area contributed by atoms with E-state index in [1.54, 1.807) is 0 Å². The third-order valence-corrected chi connectivity index (χ3v) is 3.38. The van der Waals surface area contributed by atoms with E-state index in [0.29, 0.717) is 12.1 Å². The monoisotopic (exact) mass is 222 g/mol.